The summed E-state index contributed by atoms with van der Waals surface area (Å²) in [5, 5.41) is 3.17. The van der Waals surface area contributed by atoms with Crippen LogP contribution in [0.15, 0.2) is 0 Å². The van der Waals surface area contributed by atoms with Crippen molar-refractivity contribution in [2.75, 3.05) is 0 Å². The van der Waals surface area contributed by atoms with Crippen molar-refractivity contribution in [1.82, 2.24) is 0 Å². The molecule has 1 aliphatic heterocycles. The molecule has 0 aliphatic carbocycles. The molecule has 1 heteroatoms. The lowest BCUT2D eigenvalue weighted by Gasteiger charge is -1.69. The van der Waals surface area contributed by atoms with Crippen molar-refractivity contribution in [3.63, 3.8) is 0 Å². The Kier molecular flexibility index (Phi) is 1.37. The zero-order valence-corrected chi connectivity index (χ0v) is 4.56. The lowest BCUT2D eigenvalue weighted by atomic mass is 10.4. The van der Waals surface area contributed by atoms with E-state index >= 15 is 0 Å². The molecule has 0 atom stereocenters. The molecule has 1 aliphatic rings. The molecule has 0 unspecified atom stereocenters. The van der Waals surface area contributed by atoms with Gasteiger partial charge in [-0.05, 0) is 0 Å². The van der Waals surface area contributed by atoms with Gasteiger partial charge in [-0.3, -0.25) is 0 Å². The van der Waals surface area contributed by atoms with E-state index in [1.54, 1.807) is 10.6 Å². The Morgan fingerprint density at radius 1 is 1.00 bits per heavy atom. The van der Waals surface area contributed by atoms with Crippen LogP contribution in [0, 0.1) is 0 Å². The molecule has 1 rings (SSSR count). The van der Waals surface area contributed by atoms with Crippen LogP contribution in [0.25, 0.3) is 0 Å². The van der Waals surface area contributed by atoms with Crippen LogP contribution in [0.4, 0.5) is 0 Å². The van der Waals surface area contributed by atoms with Gasteiger partial charge in [0, 0.05) is 0 Å². The maximum absolute atomic E-state index is 1.58. The van der Waals surface area contributed by atoms with Gasteiger partial charge in [-0.25, -0.2) is 0 Å². The second-order valence-electron chi connectivity index (χ2n) is 1.57. The van der Waals surface area contributed by atoms with Gasteiger partial charge in [-0.15, -0.1) is 10.6 Å². The molecular weight excluding hydrogens is 75.0 g/mol. The fourth-order valence-corrected chi connectivity index (χ4v) is 2.17. The highest BCUT2D eigenvalue weighted by molar-refractivity contribution is 6.36. The van der Waals surface area contributed by atoms with Gasteiger partial charge in [0.25, 0.3) is 0 Å². The highest BCUT2D eigenvalue weighted by atomic mass is 27.1. The normalized spacial score (nSPS) is 22.4. The molecule has 0 aromatic heterocycles. The summed E-state index contributed by atoms with van der Waals surface area (Å²) in [5.41, 5.74) is 0. The van der Waals surface area contributed by atoms with Gasteiger partial charge in [-0.1, -0.05) is 12.8 Å². The van der Waals surface area contributed by atoms with Crippen LogP contribution >= 0.6 is 0 Å². The largest absolute Gasteiger partial charge is 0.199 e. The zero-order chi connectivity index (χ0) is 3.54. The molecule has 0 N–H and O–H groups in total. The summed E-state index contributed by atoms with van der Waals surface area (Å²) in [4.78, 5) is 0. The molecule has 0 spiro atoms. The Morgan fingerprint density at radius 3 is 1.80 bits per heavy atom. The van der Waals surface area contributed by atoms with Crippen molar-refractivity contribution < 1.29 is 0 Å². The summed E-state index contributed by atoms with van der Waals surface area (Å²) in [5.74, 6) is 0. The van der Waals surface area contributed by atoms with E-state index in [1.165, 1.54) is 12.8 Å². The maximum Gasteiger partial charge on any atom is 0.199 e. The Hall–Kier alpha value is 0.532. The van der Waals surface area contributed by atoms with Crippen LogP contribution in [-0.4, -0.2) is 15.2 Å². The fraction of sp³-hybridized carbons (Fsp3) is 1.00. The van der Waals surface area contributed by atoms with Gasteiger partial charge in [0.1, 0.15) is 0 Å². The summed E-state index contributed by atoms with van der Waals surface area (Å²) in [7, 11) is 0. The Morgan fingerprint density at radius 2 is 1.60 bits per heavy atom. The Labute approximate surface area is 39.3 Å². The fourth-order valence-electron chi connectivity index (χ4n) is 0.722. The molecule has 0 amide bonds. The zero-order valence-electron chi connectivity index (χ0n) is 3.41. The Bertz CT molecular complexity index is 15.2. The molecule has 0 aromatic rings. The number of hydrogen-bond donors (Lipinski definition) is 0. The van der Waals surface area contributed by atoms with Gasteiger partial charge in [0.2, 0.25) is 0 Å². The summed E-state index contributed by atoms with van der Waals surface area (Å²) < 4.78 is 0. The lowest BCUT2D eigenvalue weighted by Crippen LogP contribution is -1.68. The second kappa shape index (κ2) is 1.85. The average Bonchev–Trinajstić information content (AvgIpc) is 1.76. The standard InChI is InChI=1S/C4H8.Al/c1-3-4-2;/h1-4H2;. The first kappa shape index (κ1) is 3.71. The van der Waals surface area contributed by atoms with Crippen molar-refractivity contribution in [1.29, 1.82) is 0 Å². The molecule has 1 radical (unpaired) electrons. The number of rotatable bonds is 0. The average molecular weight is 83.1 g/mol. The van der Waals surface area contributed by atoms with Crippen LogP contribution in [-0.2, 0) is 0 Å². The smallest absolute Gasteiger partial charge is 0.104 e. The third-order valence-corrected chi connectivity index (χ3v) is 2.70. The van der Waals surface area contributed by atoms with Crippen LogP contribution < -0.4 is 0 Å². The highest BCUT2D eigenvalue weighted by Crippen LogP contribution is 2.09. The minimum absolute atomic E-state index is 0.926. The monoisotopic (exact) mass is 83.0 g/mol. The summed E-state index contributed by atoms with van der Waals surface area (Å²) in [6.45, 7) is 0. The SMILES string of the molecule is C1C[CH2][Al][CH2]1. The van der Waals surface area contributed by atoms with E-state index in [2.05, 4.69) is 0 Å². The van der Waals surface area contributed by atoms with Gasteiger partial charge < -0.3 is 0 Å². The van der Waals surface area contributed by atoms with Crippen molar-refractivity contribution in [3.8, 4) is 0 Å². The van der Waals surface area contributed by atoms with E-state index in [1.807, 2.05) is 0 Å². The third-order valence-electron chi connectivity index (χ3n) is 1.07. The van der Waals surface area contributed by atoms with E-state index in [4.69, 9.17) is 0 Å². The topological polar surface area (TPSA) is 0 Å². The molecule has 1 fully saturated rings. The van der Waals surface area contributed by atoms with Crippen LogP contribution in [0.5, 0.6) is 0 Å². The molecule has 0 nitrogen and oxygen atoms in total. The van der Waals surface area contributed by atoms with E-state index in [9.17, 15) is 0 Å². The van der Waals surface area contributed by atoms with Crippen molar-refractivity contribution in [2.24, 2.45) is 0 Å². The first-order valence-electron chi connectivity index (χ1n) is 2.32. The van der Waals surface area contributed by atoms with Gasteiger partial charge >= 0.3 is 0 Å². The first-order chi connectivity index (χ1) is 2.50. The van der Waals surface area contributed by atoms with Crippen LogP contribution in [0.1, 0.15) is 12.8 Å². The Balaban J connectivity index is 2.08. The maximum atomic E-state index is 1.58. The highest BCUT2D eigenvalue weighted by Gasteiger charge is 1.98. The minimum atomic E-state index is 0.926. The summed E-state index contributed by atoms with van der Waals surface area (Å²) >= 11 is 0.926. The van der Waals surface area contributed by atoms with E-state index in [0.29, 0.717) is 0 Å². The second-order valence-corrected chi connectivity index (χ2v) is 3.31. The van der Waals surface area contributed by atoms with Gasteiger partial charge in [0.05, 0.1) is 0 Å². The molecule has 1 saturated heterocycles. The molecular formula is C4H8Al. The van der Waals surface area contributed by atoms with E-state index in [0.717, 1.165) is 15.2 Å². The summed E-state index contributed by atoms with van der Waals surface area (Å²) in [6.07, 6.45) is 3.07. The predicted octanol–water partition coefficient (Wildman–Crippen LogP) is 1.32. The van der Waals surface area contributed by atoms with Crippen LogP contribution in [0.2, 0.25) is 10.6 Å². The molecule has 0 aromatic carbocycles. The van der Waals surface area contributed by atoms with Crippen molar-refractivity contribution >= 4 is 15.2 Å². The van der Waals surface area contributed by atoms with E-state index < -0.39 is 0 Å². The third kappa shape index (κ3) is 0.950. The van der Waals surface area contributed by atoms with E-state index in [-0.39, 0.29) is 0 Å². The molecule has 27 valence electrons. The molecule has 0 bridgehead atoms. The molecule has 5 heavy (non-hydrogen) atoms. The summed E-state index contributed by atoms with van der Waals surface area (Å²) in [6, 6.07) is 0. The predicted molar refractivity (Wildman–Crippen MR) is 24.6 cm³/mol. The molecule has 1 heterocycles. The minimum Gasteiger partial charge on any atom is -0.104 e. The van der Waals surface area contributed by atoms with Crippen molar-refractivity contribution in [3.05, 3.63) is 0 Å². The van der Waals surface area contributed by atoms with Gasteiger partial charge in [0.15, 0.2) is 15.2 Å². The van der Waals surface area contributed by atoms with Crippen molar-refractivity contribution in [2.45, 2.75) is 23.4 Å². The lowest BCUT2D eigenvalue weighted by molar-refractivity contribution is 0.935. The number of hydrogen-bond acceptors (Lipinski definition) is 0. The van der Waals surface area contributed by atoms with Crippen LogP contribution in [0.3, 0.4) is 0 Å². The first-order valence-corrected chi connectivity index (χ1v) is 3.95. The molecule has 0 saturated carbocycles. The van der Waals surface area contributed by atoms with Gasteiger partial charge in [-0.2, -0.15) is 0 Å². The quantitative estimate of drug-likeness (QED) is 0.387.